The molecule has 0 amide bonds. The van der Waals surface area contributed by atoms with Gasteiger partial charge in [-0.15, -0.1) is 0 Å². The molecule has 3 aromatic heterocycles. The van der Waals surface area contributed by atoms with Crippen LogP contribution in [0, 0.1) is 19.8 Å². The molecule has 0 radical (unpaired) electrons. The van der Waals surface area contributed by atoms with E-state index in [4.69, 9.17) is 14.4 Å². The number of benzene rings is 2. The summed E-state index contributed by atoms with van der Waals surface area (Å²) < 4.78 is 9.02. The van der Waals surface area contributed by atoms with Gasteiger partial charge in [0.2, 0.25) is 16.9 Å². The lowest BCUT2D eigenvalue weighted by atomic mass is 9.92. The number of aryl methyl sites for hydroxylation is 2. The SMILES string of the molecule is C=CC1=NC2C(c3ccccc31)C21c2cc3oc4nc(C)ccc4c3cc2-c2cc(C)c(CC3CCCC3)c[n+]21. The van der Waals surface area contributed by atoms with Crippen molar-refractivity contribution in [1.82, 2.24) is 4.98 Å². The molecule has 4 nitrogen and oxygen atoms in total. The molecule has 2 aliphatic carbocycles. The van der Waals surface area contributed by atoms with Crippen molar-refractivity contribution in [3.05, 3.63) is 107 Å². The second-order valence-electron chi connectivity index (χ2n) is 12.4. The quantitative estimate of drug-likeness (QED) is 0.230. The highest BCUT2D eigenvalue weighted by Crippen LogP contribution is 2.66. The Labute approximate surface area is 234 Å². The fourth-order valence-corrected chi connectivity index (χ4v) is 8.35. The van der Waals surface area contributed by atoms with Crippen molar-refractivity contribution in [3.8, 4) is 11.3 Å². The van der Waals surface area contributed by atoms with E-state index in [9.17, 15) is 0 Å². The standard InChI is InChI=1S/C36H32N3O/c1-4-30-24-11-7-8-12-25(24)33-34(38-30)36(33)29-18-32-27(26-14-13-21(3)37-35(26)40-32)17-28(29)31-15-20(2)23(19-39(31)36)16-22-9-5-6-10-22/h4,7-8,11-15,17-19,22,33-34H,1,5-6,9-10,16H2,2-3H3/q+1. The zero-order chi connectivity index (χ0) is 26.7. The van der Waals surface area contributed by atoms with Crippen LogP contribution >= 0.6 is 0 Å². The van der Waals surface area contributed by atoms with Gasteiger partial charge in [-0.1, -0.05) is 56.5 Å². The van der Waals surface area contributed by atoms with Gasteiger partial charge < -0.3 is 4.42 Å². The Morgan fingerprint density at radius 3 is 2.73 bits per heavy atom. The maximum Gasteiger partial charge on any atom is 0.227 e. The third-order valence-electron chi connectivity index (χ3n) is 10.3. The molecule has 40 heavy (non-hydrogen) atoms. The molecule has 196 valence electrons. The van der Waals surface area contributed by atoms with Crippen LogP contribution in [0.4, 0.5) is 0 Å². The predicted octanol–water partition coefficient (Wildman–Crippen LogP) is 7.50. The number of furan rings is 1. The minimum absolute atomic E-state index is 0.129. The van der Waals surface area contributed by atoms with Gasteiger partial charge in [0.05, 0.1) is 17.2 Å². The molecule has 4 heteroatoms. The van der Waals surface area contributed by atoms with Crippen molar-refractivity contribution in [3.63, 3.8) is 0 Å². The van der Waals surface area contributed by atoms with E-state index in [1.807, 2.05) is 13.0 Å². The topological polar surface area (TPSA) is 42.3 Å². The Morgan fingerprint density at radius 2 is 1.88 bits per heavy atom. The van der Waals surface area contributed by atoms with E-state index in [0.29, 0.717) is 5.71 Å². The number of pyridine rings is 2. The highest BCUT2D eigenvalue weighted by atomic mass is 16.3. The van der Waals surface area contributed by atoms with Gasteiger partial charge in [0.25, 0.3) is 0 Å². The van der Waals surface area contributed by atoms with Crippen molar-refractivity contribution in [2.24, 2.45) is 10.9 Å². The summed E-state index contributed by atoms with van der Waals surface area (Å²) in [5.41, 5.74) is 12.7. The molecule has 3 atom stereocenters. The van der Waals surface area contributed by atoms with Crippen LogP contribution in [0.3, 0.4) is 0 Å². The number of fused-ring (bicyclic) bond motifs is 13. The van der Waals surface area contributed by atoms with Crippen LogP contribution in [0.1, 0.15) is 65.1 Å². The van der Waals surface area contributed by atoms with Gasteiger partial charge in [-0.2, -0.15) is 4.57 Å². The van der Waals surface area contributed by atoms with Crippen LogP contribution in [0.15, 0.2) is 82.9 Å². The number of hydrogen-bond acceptors (Lipinski definition) is 3. The molecule has 0 bridgehead atoms. The second-order valence-corrected chi connectivity index (χ2v) is 12.4. The molecule has 9 rings (SSSR count). The number of rotatable bonds is 3. The molecule has 2 saturated carbocycles. The van der Waals surface area contributed by atoms with Crippen LogP contribution < -0.4 is 4.57 Å². The molecular formula is C36H32N3O+. The first-order valence-electron chi connectivity index (χ1n) is 14.8. The molecule has 2 aliphatic heterocycles. The lowest BCUT2D eigenvalue weighted by Crippen LogP contribution is -2.48. The molecule has 1 spiro atoms. The van der Waals surface area contributed by atoms with E-state index < -0.39 is 0 Å². The van der Waals surface area contributed by atoms with Crippen LogP contribution in [-0.4, -0.2) is 16.7 Å². The molecule has 2 fully saturated rings. The van der Waals surface area contributed by atoms with Crippen LogP contribution in [-0.2, 0) is 12.0 Å². The van der Waals surface area contributed by atoms with Crippen LogP contribution in [0.2, 0.25) is 0 Å². The van der Waals surface area contributed by atoms with E-state index in [2.05, 4.69) is 78.9 Å². The summed E-state index contributed by atoms with van der Waals surface area (Å²) in [6, 6.07) is 20.3. The normalized spacial score (nSPS) is 24.2. The van der Waals surface area contributed by atoms with E-state index in [-0.39, 0.29) is 17.5 Å². The summed E-state index contributed by atoms with van der Waals surface area (Å²) in [6.07, 6.45) is 11.1. The predicted molar refractivity (Wildman–Crippen MR) is 159 cm³/mol. The van der Waals surface area contributed by atoms with Crippen LogP contribution in [0.5, 0.6) is 0 Å². The second kappa shape index (κ2) is 7.78. The Kier molecular flexibility index (Phi) is 4.42. The molecule has 0 N–H and O–H groups in total. The zero-order valence-electron chi connectivity index (χ0n) is 23.1. The smallest absolute Gasteiger partial charge is 0.227 e. The highest BCUT2D eigenvalue weighted by Gasteiger charge is 2.80. The number of hydrogen-bond donors (Lipinski definition) is 0. The summed E-state index contributed by atoms with van der Waals surface area (Å²) in [5, 5.41) is 2.22. The highest BCUT2D eigenvalue weighted by molar-refractivity contribution is 6.11. The van der Waals surface area contributed by atoms with Gasteiger partial charge in [-0.25, -0.2) is 4.98 Å². The van der Waals surface area contributed by atoms with Gasteiger partial charge in [0, 0.05) is 39.2 Å². The average Bonchev–Trinajstić information content (AvgIpc) is 3.25. The Balaban J connectivity index is 1.33. The van der Waals surface area contributed by atoms with Crippen LogP contribution in [0.25, 0.3) is 33.3 Å². The Bertz CT molecular complexity index is 1960. The molecule has 5 aromatic rings. The minimum atomic E-state index is -0.264. The summed E-state index contributed by atoms with van der Waals surface area (Å²) in [6.45, 7) is 8.45. The van der Waals surface area contributed by atoms with Gasteiger partial charge >= 0.3 is 0 Å². The summed E-state index contributed by atoms with van der Waals surface area (Å²) in [5.74, 6) is 1.08. The van der Waals surface area contributed by atoms with E-state index >= 15 is 0 Å². The van der Waals surface area contributed by atoms with E-state index in [0.717, 1.165) is 33.7 Å². The molecule has 4 aliphatic rings. The van der Waals surface area contributed by atoms with Crippen molar-refractivity contribution in [2.45, 2.75) is 63.5 Å². The van der Waals surface area contributed by atoms with Gasteiger partial charge in [0.15, 0.2) is 6.20 Å². The molecule has 3 unspecified atom stereocenters. The van der Waals surface area contributed by atoms with E-state index in [1.165, 1.54) is 71.2 Å². The molecule has 0 saturated heterocycles. The summed E-state index contributed by atoms with van der Waals surface area (Å²) in [7, 11) is 0. The first-order chi connectivity index (χ1) is 19.6. The van der Waals surface area contributed by atoms with Gasteiger partial charge in [0.1, 0.15) is 11.6 Å². The van der Waals surface area contributed by atoms with Crippen molar-refractivity contribution in [2.75, 3.05) is 0 Å². The van der Waals surface area contributed by atoms with Crippen molar-refractivity contribution in [1.29, 1.82) is 0 Å². The lowest BCUT2D eigenvalue weighted by Gasteiger charge is -2.14. The van der Waals surface area contributed by atoms with Crippen molar-refractivity contribution < 1.29 is 8.98 Å². The van der Waals surface area contributed by atoms with Crippen molar-refractivity contribution >= 4 is 27.8 Å². The summed E-state index contributed by atoms with van der Waals surface area (Å²) in [4.78, 5) is 10.1. The Morgan fingerprint density at radius 1 is 1.02 bits per heavy atom. The number of allylic oxidation sites excluding steroid dienone is 1. The first-order valence-corrected chi connectivity index (χ1v) is 14.8. The average molecular weight is 523 g/mol. The van der Waals surface area contributed by atoms with E-state index in [1.54, 1.807) is 0 Å². The third-order valence-corrected chi connectivity index (χ3v) is 10.3. The third kappa shape index (κ3) is 2.79. The number of nitrogens with zero attached hydrogens (tertiary/aromatic N) is 3. The minimum Gasteiger partial charge on any atom is -0.438 e. The molecular weight excluding hydrogens is 490 g/mol. The van der Waals surface area contributed by atoms with Gasteiger partial charge in [-0.3, -0.25) is 4.99 Å². The Hall–Kier alpha value is -4.05. The number of aromatic nitrogens is 2. The largest absolute Gasteiger partial charge is 0.438 e. The fourth-order valence-electron chi connectivity index (χ4n) is 8.35. The van der Waals surface area contributed by atoms with Gasteiger partial charge in [-0.05, 0) is 67.7 Å². The zero-order valence-corrected chi connectivity index (χ0v) is 23.1. The maximum atomic E-state index is 6.41. The molecule has 5 heterocycles. The monoisotopic (exact) mass is 522 g/mol. The lowest BCUT2D eigenvalue weighted by molar-refractivity contribution is -0.715. The summed E-state index contributed by atoms with van der Waals surface area (Å²) >= 11 is 0. The first kappa shape index (κ1) is 22.7. The number of aliphatic imine (C=N–C) groups is 1. The molecule has 2 aromatic carbocycles. The maximum absolute atomic E-state index is 6.41. The fraction of sp³-hybridized carbons (Fsp3) is 0.306.